The van der Waals surface area contributed by atoms with Crippen LogP contribution in [-0.2, 0) is 6.54 Å². The molecule has 2 nitrogen and oxygen atoms in total. The first kappa shape index (κ1) is 13.5. The van der Waals surface area contributed by atoms with E-state index in [9.17, 15) is 0 Å². The fourth-order valence-electron chi connectivity index (χ4n) is 1.92. The van der Waals surface area contributed by atoms with Gasteiger partial charge >= 0.3 is 0 Å². The molecule has 0 spiro atoms. The first-order valence-corrected chi connectivity index (χ1v) is 6.48. The zero-order chi connectivity index (χ0) is 13.8. The molecule has 0 aliphatic rings. The van der Waals surface area contributed by atoms with Gasteiger partial charge in [-0.1, -0.05) is 29.8 Å². The lowest BCUT2D eigenvalue weighted by atomic mass is 10.0. The van der Waals surface area contributed by atoms with Crippen molar-refractivity contribution in [2.24, 2.45) is 0 Å². The molecule has 0 radical (unpaired) electrons. The van der Waals surface area contributed by atoms with Gasteiger partial charge in [-0.2, -0.15) is 5.26 Å². The first-order chi connectivity index (χ1) is 9.11. The van der Waals surface area contributed by atoms with Gasteiger partial charge in [0, 0.05) is 6.54 Å². The van der Waals surface area contributed by atoms with Crippen LogP contribution in [0.4, 0.5) is 5.69 Å². The Hall–Kier alpha value is -1.98. The number of hydrogen-bond donors (Lipinski definition) is 1. The standard InChI is InChI=1S/C16H15ClN2/c1-11-4-3-5-14(12(11)2)10-19-16-8-13(9-18)6-7-15(16)17/h3-8,19H,10H2,1-2H3. The second-order valence-corrected chi connectivity index (χ2v) is 4.93. The van der Waals surface area contributed by atoms with Crippen molar-refractivity contribution in [3.63, 3.8) is 0 Å². The molecule has 0 saturated heterocycles. The van der Waals surface area contributed by atoms with Gasteiger partial charge in [0.1, 0.15) is 0 Å². The Morgan fingerprint density at radius 1 is 1.21 bits per heavy atom. The molecule has 0 amide bonds. The lowest BCUT2D eigenvalue weighted by Crippen LogP contribution is -2.03. The van der Waals surface area contributed by atoms with Crippen molar-refractivity contribution >= 4 is 17.3 Å². The number of halogens is 1. The molecule has 2 rings (SSSR count). The molecule has 0 aromatic heterocycles. The van der Waals surface area contributed by atoms with Gasteiger partial charge in [-0.3, -0.25) is 0 Å². The lowest BCUT2D eigenvalue weighted by Gasteiger charge is -2.12. The highest BCUT2D eigenvalue weighted by atomic mass is 35.5. The number of benzene rings is 2. The normalized spacial score (nSPS) is 10.0. The van der Waals surface area contributed by atoms with E-state index in [0.717, 1.165) is 5.69 Å². The van der Waals surface area contributed by atoms with E-state index in [1.54, 1.807) is 18.2 Å². The third-order valence-corrected chi connectivity index (χ3v) is 3.61. The van der Waals surface area contributed by atoms with E-state index in [4.69, 9.17) is 16.9 Å². The molecular formula is C16H15ClN2. The highest BCUT2D eigenvalue weighted by molar-refractivity contribution is 6.33. The molecule has 0 aliphatic heterocycles. The molecule has 3 heteroatoms. The molecule has 1 N–H and O–H groups in total. The zero-order valence-electron chi connectivity index (χ0n) is 11.0. The van der Waals surface area contributed by atoms with Crippen molar-refractivity contribution < 1.29 is 0 Å². The van der Waals surface area contributed by atoms with Crippen molar-refractivity contribution in [1.82, 2.24) is 0 Å². The summed E-state index contributed by atoms with van der Waals surface area (Å²) in [6.45, 7) is 4.91. The Morgan fingerprint density at radius 3 is 2.74 bits per heavy atom. The maximum atomic E-state index is 8.90. The molecule has 0 aliphatic carbocycles. The predicted molar refractivity (Wildman–Crippen MR) is 79.4 cm³/mol. The molecule has 19 heavy (non-hydrogen) atoms. The summed E-state index contributed by atoms with van der Waals surface area (Å²) in [5.41, 5.74) is 5.19. The Labute approximate surface area is 118 Å². The average Bonchev–Trinajstić information content (AvgIpc) is 2.42. The monoisotopic (exact) mass is 270 g/mol. The SMILES string of the molecule is Cc1cccc(CNc2cc(C#N)ccc2Cl)c1C. The Balaban J connectivity index is 2.19. The molecule has 0 fully saturated rings. The maximum Gasteiger partial charge on any atom is 0.0992 e. The van der Waals surface area contributed by atoms with Crippen LogP contribution in [0.25, 0.3) is 0 Å². The van der Waals surface area contributed by atoms with Crippen LogP contribution in [0, 0.1) is 25.2 Å². The highest BCUT2D eigenvalue weighted by Gasteiger charge is 2.04. The number of nitrogens with one attached hydrogen (secondary N) is 1. The summed E-state index contributed by atoms with van der Waals surface area (Å²) in [6, 6.07) is 13.6. The summed E-state index contributed by atoms with van der Waals surface area (Å²) in [6.07, 6.45) is 0. The molecule has 0 heterocycles. The summed E-state index contributed by atoms with van der Waals surface area (Å²) in [5, 5.41) is 12.8. The summed E-state index contributed by atoms with van der Waals surface area (Å²) in [4.78, 5) is 0. The summed E-state index contributed by atoms with van der Waals surface area (Å²) in [7, 11) is 0. The second kappa shape index (κ2) is 5.77. The number of hydrogen-bond acceptors (Lipinski definition) is 2. The molecule has 0 bridgehead atoms. The Morgan fingerprint density at radius 2 is 2.00 bits per heavy atom. The average molecular weight is 271 g/mol. The summed E-state index contributed by atoms with van der Waals surface area (Å²) >= 11 is 6.12. The molecule has 0 saturated carbocycles. The van der Waals surface area contributed by atoms with Gasteiger partial charge in [0.15, 0.2) is 0 Å². The van der Waals surface area contributed by atoms with Crippen molar-refractivity contribution in [3.05, 3.63) is 63.7 Å². The van der Waals surface area contributed by atoms with E-state index < -0.39 is 0 Å². The van der Waals surface area contributed by atoms with Crippen LogP contribution in [0.2, 0.25) is 5.02 Å². The largest absolute Gasteiger partial charge is 0.380 e. The predicted octanol–water partition coefficient (Wildman–Crippen LogP) is 4.44. The third-order valence-electron chi connectivity index (χ3n) is 3.28. The highest BCUT2D eigenvalue weighted by Crippen LogP contribution is 2.24. The van der Waals surface area contributed by atoms with Gasteiger partial charge in [-0.25, -0.2) is 0 Å². The van der Waals surface area contributed by atoms with Crippen LogP contribution < -0.4 is 5.32 Å². The third kappa shape index (κ3) is 3.07. The van der Waals surface area contributed by atoms with Crippen LogP contribution in [0.5, 0.6) is 0 Å². The van der Waals surface area contributed by atoms with Gasteiger partial charge in [0.05, 0.1) is 22.3 Å². The van der Waals surface area contributed by atoms with Crippen molar-refractivity contribution in [1.29, 1.82) is 5.26 Å². The fraction of sp³-hybridized carbons (Fsp3) is 0.188. The Kier molecular flexibility index (Phi) is 4.09. The van der Waals surface area contributed by atoms with E-state index in [1.165, 1.54) is 16.7 Å². The van der Waals surface area contributed by atoms with E-state index >= 15 is 0 Å². The molecule has 2 aromatic carbocycles. The van der Waals surface area contributed by atoms with Crippen LogP contribution in [-0.4, -0.2) is 0 Å². The van der Waals surface area contributed by atoms with Crippen LogP contribution in [0.15, 0.2) is 36.4 Å². The fourth-order valence-corrected chi connectivity index (χ4v) is 2.11. The van der Waals surface area contributed by atoms with Crippen LogP contribution in [0.1, 0.15) is 22.3 Å². The van der Waals surface area contributed by atoms with Gasteiger partial charge in [0.25, 0.3) is 0 Å². The van der Waals surface area contributed by atoms with Crippen LogP contribution >= 0.6 is 11.6 Å². The van der Waals surface area contributed by atoms with Gasteiger partial charge < -0.3 is 5.32 Å². The molecule has 0 unspecified atom stereocenters. The molecule has 96 valence electrons. The van der Waals surface area contributed by atoms with Crippen molar-refractivity contribution in [3.8, 4) is 6.07 Å². The molecular weight excluding hydrogens is 256 g/mol. The Bertz CT molecular complexity index is 642. The topological polar surface area (TPSA) is 35.8 Å². The van der Waals surface area contributed by atoms with E-state index in [0.29, 0.717) is 17.1 Å². The smallest absolute Gasteiger partial charge is 0.0992 e. The van der Waals surface area contributed by atoms with E-state index in [1.807, 2.05) is 6.07 Å². The number of rotatable bonds is 3. The van der Waals surface area contributed by atoms with Gasteiger partial charge in [-0.15, -0.1) is 0 Å². The number of nitrogens with zero attached hydrogens (tertiary/aromatic N) is 1. The summed E-state index contributed by atoms with van der Waals surface area (Å²) in [5.74, 6) is 0. The van der Waals surface area contributed by atoms with Gasteiger partial charge in [-0.05, 0) is 48.7 Å². The summed E-state index contributed by atoms with van der Waals surface area (Å²) < 4.78 is 0. The quantitative estimate of drug-likeness (QED) is 0.895. The lowest BCUT2D eigenvalue weighted by molar-refractivity contribution is 1.10. The second-order valence-electron chi connectivity index (χ2n) is 4.52. The number of nitriles is 1. The van der Waals surface area contributed by atoms with E-state index in [2.05, 4.69) is 37.4 Å². The minimum absolute atomic E-state index is 0.605. The minimum atomic E-state index is 0.605. The number of aryl methyl sites for hydroxylation is 1. The minimum Gasteiger partial charge on any atom is -0.380 e. The van der Waals surface area contributed by atoms with Crippen LogP contribution in [0.3, 0.4) is 0 Å². The maximum absolute atomic E-state index is 8.90. The first-order valence-electron chi connectivity index (χ1n) is 6.10. The van der Waals surface area contributed by atoms with E-state index in [-0.39, 0.29) is 0 Å². The molecule has 2 aromatic rings. The van der Waals surface area contributed by atoms with Crippen molar-refractivity contribution in [2.45, 2.75) is 20.4 Å². The number of anilines is 1. The molecule has 0 atom stereocenters. The zero-order valence-corrected chi connectivity index (χ0v) is 11.8. The van der Waals surface area contributed by atoms with Crippen molar-refractivity contribution in [2.75, 3.05) is 5.32 Å². The van der Waals surface area contributed by atoms with Gasteiger partial charge in [0.2, 0.25) is 0 Å².